The van der Waals surface area contributed by atoms with Gasteiger partial charge in [-0.2, -0.15) is 0 Å². The summed E-state index contributed by atoms with van der Waals surface area (Å²) in [5.41, 5.74) is 0. The Labute approximate surface area is 112 Å². The summed E-state index contributed by atoms with van der Waals surface area (Å²) in [5.74, 6) is 0. The van der Waals surface area contributed by atoms with E-state index in [1.54, 1.807) is 0 Å². The van der Waals surface area contributed by atoms with E-state index in [0.29, 0.717) is 0 Å². The molecule has 1 N–H and O–H groups in total. The molecule has 4 heteroatoms. The lowest BCUT2D eigenvalue weighted by atomic mass is 9.92. The van der Waals surface area contributed by atoms with Gasteiger partial charge in [0.25, 0.3) is 0 Å². The molecule has 0 atom stereocenters. The van der Waals surface area contributed by atoms with Gasteiger partial charge in [0, 0.05) is 12.1 Å². The number of hydrogen-bond donors (Lipinski definition) is 1. The maximum absolute atomic E-state index is 3.40. The van der Waals surface area contributed by atoms with Crippen LogP contribution >= 0.6 is 24.8 Å². The quantitative estimate of drug-likeness (QED) is 0.829. The second-order valence-corrected chi connectivity index (χ2v) is 4.89. The zero-order valence-electron chi connectivity index (χ0n) is 10.3. The number of likely N-dealkylation sites (tertiary alicyclic amines) is 1. The second kappa shape index (κ2) is 8.57. The normalized spacial score (nSPS) is 24.6. The molecule has 1 heterocycles. The largest absolute Gasteiger partial charge is 0.317 e. The molecule has 98 valence electrons. The number of nitrogens with one attached hydrogen (secondary N) is 1. The lowest BCUT2D eigenvalue weighted by Gasteiger charge is -2.39. The zero-order valence-corrected chi connectivity index (χ0v) is 11.9. The highest BCUT2D eigenvalue weighted by Crippen LogP contribution is 2.25. The third kappa shape index (κ3) is 4.40. The molecule has 0 amide bonds. The predicted octanol–water partition coefficient (Wildman–Crippen LogP) is 2.85. The molecule has 0 radical (unpaired) electrons. The summed E-state index contributed by atoms with van der Waals surface area (Å²) in [6.07, 6.45) is 10.0. The van der Waals surface area contributed by atoms with E-state index >= 15 is 0 Å². The highest BCUT2D eigenvalue weighted by Gasteiger charge is 2.25. The van der Waals surface area contributed by atoms with Crippen LogP contribution in [0.4, 0.5) is 0 Å². The number of halogens is 2. The fraction of sp³-hybridized carbons (Fsp3) is 1.00. The molecule has 0 unspecified atom stereocenters. The van der Waals surface area contributed by atoms with Crippen LogP contribution in [0.25, 0.3) is 0 Å². The Morgan fingerprint density at radius 1 is 0.875 bits per heavy atom. The first kappa shape index (κ1) is 16.5. The monoisotopic (exact) mass is 268 g/mol. The van der Waals surface area contributed by atoms with Crippen molar-refractivity contribution in [2.45, 2.75) is 57.0 Å². The lowest BCUT2D eigenvalue weighted by molar-refractivity contribution is 0.117. The number of piperidine rings is 1. The summed E-state index contributed by atoms with van der Waals surface area (Å²) in [6.45, 7) is 2.66. The summed E-state index contributed by atoms with van der Waals surface area (Å²) in [4.78, 5) is 2.74. The summed E-state index contributed by atoms with van der Waals surface area (Å²) in [5, 5.41) is 3.40. The Balaban J connectivity index is 0.00000112. The molecule has 1 aliphatic heterocycles. The fourth-order valence-corrected chi connectivity index (χ4v) is 3.00. The molecule has 1 saturated heterocycles. The molecular formula is C12H26Cl2N2. The standard InChI is InChI=1S/C12H24N2.2ClH/c1-13-11-7-9-14(10-8-11)12-5-3-2-4-6-12;;/h11-13H,2-10H2,1H3;2*1H. The van der Waals surface area contributed by atoms with Gasteiger partial charge in [0.05, 0.1) is 0 Å². The Morgan fingerprint density at radius 3 is 1.94 bits per heavy atom. The van der Waals surface area contributed by atoms with Crippen LogP contribution in [0.3, 0.4) is 0 Å². The SMILES string of the molecule is CNC1CCN(C2CCCCC2)CC1.Cl.Cl. The van der Waals surface area contributed by atoms with Gasteiger partial charge in [-0.25, -0.2) is 0 Å². The van der Waals surface area contributed by atoms with E-state index in [4.69, 9.17) is 0 Å². The Kier molecular flexibility index (Phi) is 8.84. The molecule has 0 bridgehead atoms. The molecule has 0 aromatic heterocycles. The van der Waals surface area contributed by atoms with Gasteiger partial charge in [-0.15, -0.1) is 24.8 Å². The Hall–Kier alpha value is 0.500. The third-order valence-corrected chi connectivity index (χ3v) is 4.03. The van der Waals surface area contributed by atoms with Crippen LogP contribution in [-0.2, 0) is 0 Å². The van der Waals surface area contributed by atoms with Crippen molar-refractivity contribution in [2.75, 3.05) is 20.1 Å². The maximum atomic E-state index is 3.40. The van der Waals surface area contributed by atoms with Gasteiger partial charge in [-0.05, 0) is 45.8 Å². The first-order valence-electron chi connectivity index (χ1n) is 6.31. The lowest BCUT2D eigenvalue weighted by Crippen LogP contribution is -2.46. The Morgan fingerprint density at radius 2 is 1.44 bits per heavy atom. The molecule has 2 fully saturated rings. The van der Waals surface area contributed by atoms with E-state index < -0.39 is 0 Å². The topological polar surface area (TPSA) is 15.3 Å². The molecule has 0 aromatic carbocycles. The van der Waals surface area contributed by atoms with Crippen molar-refractivity contribution in [3.05, 3.63) is 0 Å². The van der Waals surface area contributed by atoms with Crippen molar-refractivity contribution >= 4 is 24.8 Å². The van der Waals surface area contributed by atoms with Crippen molar-refractivity contribution in [2.24, 2.45) is 0 Å². The average Bonchev–Trinajstić information content (AvgIpc) is 2.30. The van der Waals surface area contributed by atoms with Gasteiger partial charge < -0.3 is 10.2 Å². The van der Waals surface area contributed by atoms with Crippen LogP contribution in [0.5, 0.6) is 0 Å². The van der Waals surface area contributed by atoms with Crippen LogP contribution < -0.4 is 5.32 Å². The van der Waals surface area contributed by atoms with Crippen molar-refractivity contribution < 1.29 is 0 Å². The van der Waals surface area contributed by atoms with Crippen molar-refractivity contribution in [3.63, 3.8) is 0 Å². The third-order valence-electron chi connectivity index (χ3n) is 4.03. The summed E-state index contributed by atoms with van der Waals surface area (Å²) >= 11 is 0. The van der Waals surface area contributed by atoms with Crippen LogP contribution in [0, 0.1) is 0 Å². The first-order chi connectivity index (χ1) is 6.90. The van der Waals surface area contributed by atoms with Gasteiger partial charge in [-0.1, -0.05) is 19.3 Å². The molecule has 2 aliphatic rings. The van der Waals surface area contributed by atoms with E-state index in [1.807, 2.05) is 0 Å². The van der Waals surface area contributed by atoms with E-state index in [1.165, 1.54) is 58.0 Å². The van der Waals surface area contributed by atoms with E-state index in [2.05, 4.69) is 17.3 Å². The zero-order chi connectivity index (χ0) is 9.80. The number of rotatable bonds is 2. The van der Waals surface area contributed by atoms with Gasteiger partial charge in [-0.3, -0.25) is 0 Å². The first-order valence-corrected chi connectivity index (χ1v) is 6.31. The van der Waals surface area contributed by atoms with E-state index in [9.17, 15) is 0 Å². The van der Waals surface area contributed by atoms with Crippen LogP contribution in [-0.4, -0.2) is 37.1 Å². The van der Waals surface area contributed by atoms with Gasteiger partial charge in [0.15, 0.2) is 0 Å². The summed E-state index contributed by atoms with van der Waals surface area (Å²) in [7, 11) is 2.10. The highest BCUT2D eigenvalue weighted by molar-refractivity contribution is 5.85. The van der Waals surface area contributed by atoms with Gasteiger partial charge in [0.2, 0.25) is 0 Å². The van der Waals surface area contributed by atoms with E-state index in [0.717, 1.165) is 12.1 Å². The minimum atomic E-state index is 0. The highest BCUT2D eigenvalue weighted by atomic mass is 35.5. The molecular weight excluding hydrogens is 243 g/mol. The number of hydrogen-bond acceptors (Lipinski definition) is 2. The molecule has 0 aromatic rings. The average molecular weight is 269 g/mol. The molecule has 2 rings (SSSR count). The van der Waals surface area contributed by atoms with Crippen LogP contribution in [0.1, 0.15) is 44.9 Å². The summed E-state index contributed by atoms with van der Waals surface area (Å²) < 4.78 is 0. The molecule has 1 aliphatic carbocycles. The minimum Gasteiger partial charge on any atom is -0.317 e. The molecule has 16 heavy (non-hydrogen) atoms. The smallest absolute Gasteiger partial charge is 0.00952 e. The van der Waals surface area contributed by atoms with Crippen LogP contribution in [0.2, 0.25) is 0 Å². The predicted molar refractivity (Wildman–Crippen MR) is 75.0 cm³/mol. The minimum absolute atomic E-state index is 0. The Bertz CT molecular complexity index is 164. The van der Waals surface area contributed by atoms with Crippen molar-refractivity contribution in [3.8, 4) is 0 Å². The maximum Gasteiger partial charge on any atom is 0.00952 e. The van der Waals surface area contributed by atoms with Gasteiger partial charge in [0.1, 0.15) is 0 Å². The number of nitrogens with zero attached hydrogens (tertiary/aromatic N) is 1. The fourth-order valence-electron chi connectivity index (χ4n) is 3.00. The second-order valence-electron chi connectivity index (χ2n) is 4.89. The van der Waals surface area contributed by atoms with Crippen molar-refractivity contribution in [1.82, 2.24) is 10.2 Å². The van der Waals surface area contributed by atoms with E-state index in [-0.39, 0.29) is 24.8 Å². The van der Waals surface area contributed by atoms with Crippen molar-refractivity contribution in [1.29, 1.82) is 0 Å². The summed E-state index contributed by atoms with van der Waals surface area (Å²) in [6, 6.07) is 1.72. The molecule has 0 spiro atoms. The molecule has 2 nitrogen and oxygen atoms in total. The van der Waals surface area contributed by atoms with Crippen LogP contribution in [0.15, 0.2) is 0 Å². The molecule has 1 saturated carbocycles. The van der Waals surface area contributed by atoms with Gasteiger partial charge >= 0.3 is 0 Å².